The van der Waals surface area contributed by atoms with Crippen molar-refractivity contribution in [3.8, 4) is 11.3 Å². The second kappa shape index (κ2) is 8.92. The molecule has 0 unspecified atom stereocenters. The van der Waals surface area contributed by atoms with Gasteiger partial charge in [0.05, 0.1) is 25.1 Å². The number of benzene rings is 2. The van der Waals surface area contributed by atoms with E-state index in [4.69, 9.17) is 4.74 Å². The third-order valence-corrected chi connectivity index (χ3v) is 4.18. The van der Waals surface area contributed by atoms with Crippen molar-refractivity contribution in [3.63, 3.8) is 0 Å². The van der Waals surface area contributed by atoms with Crippen molar-refractivity contribution >= 4 is 22.7 Å². The molecule has 3 rings (SSSR count). The molecule has 0 saturated carbocycles. The first-order chi connectivity index (χ1) is 12.3. The summed E-state index contributed by atoms with van der Waals surface area (Å²) in [6.07, 6.45) is 3.52. The van der Waals surface area contributed by atoms with Crippen LogP contribution in [-0.2, 0) is 11.3 Å². The number of anilines is 1. The van der Waals surface area contributed by atoms with Crippen LogP contribution in [0, 0.1) is 0 Å². The first-order valence-corrected chi connectivity index (χ1v) is 8.81. The van der Waals surface area contributed by atoms with Crippen molar-refractivity contribution in [3.05, 3.63) is 83.8 Å². The van der Waals surface area contributed by atoms with Gasteiger partial charge < -0.3 is 4.74 Å². The maximum atomic E-state index is 5.42. The van der Waals surface area contributed by atoms with Crippen molar-refractivity contribution in [1.29, 1.82) is 0 Å². The number of hydrazone groups is 1. The summed E-state index contributed by atoms with van der Waals surface area (Å²) < 4.78 is 5.42. The number of hydrogen-bond donors (Lipinski definition) is 1. The van der Waals surface area contributed by atoms with Crippen LogP contribution in [0.4, 0.5) is 5.13 Å². The van der Waals surface area contributed by atoms with Gasteiger partial charge in [-0.05, 0) is 11.1 Å². The van der Waals surface area contributed by atoms with E-state index in [1.54, 1.807) is 12.3 Å². The Morgan fingerprint density at radius 1 is 1.12 bits per heavy atom. The van der Waals surface area contributed by atoms with E-state index in [1.165, 1.54) is 11.3 Å². The normalized spacial score (nSPS) is 10.9. The van der Waals surface area contributed by atoms with Crippen LogP contribution in [0.5, 0.6) is 0 Å². The highest BCUT2D eigenvalue weighted by molar-refractivity contribution is 7.14. The predicted molar refractivity (Wildman–Crippen MR) is 105 cm³/mol. The summed E-state index contributed by atoms with van der Waals surface area (Å²) in [7, 11) is 0. The number of rotatable bonds is 8. The monoisotopic (exact) mass is 349 g/mol. The van der Waals surface area contributed by atoms with E-state index in [1.807, 2.05) is 60.0 Å². The summed E-state index contributed by atoms with van der Waals surface area (Å²) in [6, 6.07) is 18.2. The number of nitrogens with one attached hydrogen (secondary N) is 1. The average molecular weight is 349 g/mol. The van der Waals surface area contributed by atoms with Crippen molar-refractivity contribution in [1.82, 2.24) is 4.98 Å². The minimum atomic E-state index is 0.561. The zero-order valence-electron chi connectivity index (χ0n) is 13.8. The second-order valence-electron chi connectivity index (χ2n) is 5.32. The fraction of sp³-hybridized carbons (Fsp3) is 0.100. The summed E-state index contributed by atoms with van der Waals surface area (Å²) in [4.78, 5) is 4.54. The minimum absolute atomic E-state index is 0.561. The molecular weight excluding hydrogens is 330 g/mol. The fourth-order valence-electron chi connectivity index (χ4n) is 2.19. The Morgan fingerprint density at radius 2 is 1.92 bits per heavy atom. The van der Waals surface area contributed by atoms with E-state index in [-0.39, 0.29) is 0 Å². The lowest BCUT2D eigenvalue weighted by atomic mass is 10.1. The maximum Gasteiger partial charge on any atom is 0.203 e. The average Bonchev–Trinajstić information content (AvgIpc) is 3.13. The van der Waals surface area contributed by atoms with Gasteiger partial charge in [0.25, 0.3) is 0 Å². The molecular formula is C20H19N3OS. The summed E-state index contributed by atoms with van der Waals surface area (Å²) in [5.74, 6) is 0. The second-order valence-corrected chi connectivity index (χ2v) is 6.18. The molecule has 0 radical (unpaired) electrons. The van der Waals surface area contributed by atoms with Gasteiger partial charge in [-0.3, -0.25) is 5.43 Å². The van der Waals surface area contributed by atoms with E-state index in [0.29, 0.717) is 13.2 Å². The molecule has 0 atom stereocenters. The zero-order chi connectivity index (χ0) is 17.3. The predicted octanol–water partition coefficient (Wildman–Crippen LogP) is 4.96. The molecule has 0 aliphatic heterocycles. The van der Waals surface area contributed by atoms with Crippen LogP contribution in [0.2, 0.25) is 0 Å². The van der Waals surface area contributed by atoms with Gasteiger partial charge in [-0.1, -0.05) is 60.7 Å². The Morgan fingerprint density at radius 3 is 2.68 bits per heavy atom. The summed E-state index contributed by atoms with van der Waals surface area (Å²) in [5.41, 5.74) is 7.17. The third-order valence-electron chi connectivity index (χ3n) is 3.43. The molecule has 0 aliphatic carbocycles. The third kappa shape index (κ3) is 5.11. The van der Waals surface area contributed by atoms with Gasteiger partial charge in [-0.15, -0.1) is 17.9 Å². The van der Waals surface area contributed by atoms with E-state index in [2.05, 4.69) is 22.1 Å². The van der Waals surface area contributed by atoms with E-state index >= 15 is 0 Å². The maximum absolute atomic E-state index is 5.42. The first-order valence-electron chi connectivity index (χ1n) is 7.93. The molecule has 1 heterocycles. The number of hydrogen-bond acceptors (Lipinski definition) is 5. The molecule has 0 fully saturated rings. The lowest BCUT2D eigenvalue weighted by molar-refractivity contribution is 0.149. The van der Waals surface area contributed by atoms with Crippen LogP contribution in [0.15, 0.2) is 77.7 Å². The van der Waals surface area contributed by atoms with E-state index < -0.39 is 0 Å². The smallest absolute Gasteiger partial charge is 0.203 e. The fourth-order valence-corrected chi connectivity index (χ4v) is 2.86. The SMILES string of the molecule is C=CCOCc1ccc(C=NNc2nc(-c3ccccc3)cs2)cc1. The van der Waals surface area contributed by atoms with Gasteiger partial charge >= 0.3 is 0 Å². The van der Waals surface area contributed by atoms with Gasteiger partial charge in [-0.2, -0.15) is 5.10 Å². The highest BCUT2D eigenvalue weighted by Gasteiger charge is 2.02. The van der Waals surface area contributed by atoms with Crippen LogP contribution < -0.4 is 5.43 Å². The topological polar surface area (TPSA) is 46.5 Å². The van der Waals surface area contributed by atoms with Crippen molar-refractivity contribution in [2.45, 2.75) is 6.61 Å². The van der Waals surface area contributed by atoms with Gasteiger partial charge in [0.2, 0.25) is 5.13 Å². The van der Waals surface area contributed by atoms with Crippen molar-refractivity contribution in [2.75, 3.05) is 12.0 Å². The van der Waals surface area contributed by atoms with E-state index in [0.717, 1.165) is 27.5 Å². The quantitative estimate of drug-likeness (QED) is 0.271. The van der Waals surface area contributed by atoms with Crippen LogP contribution in [0.3, 0.4) is 0 Å². The molecule has 0 bridgehead atoms. The van der Waals surface area contributed by atoms with Gasteiger partial charge in [0, 0.05) is 10.9 Å². The molecule has 0 aliphatic rings. The largest absolute Gasteiger partial charge is 0.373 e. The molecule has 126 valence electrons. The van der Waals surface area contributed by atoms with Crippen LogP contribution >= 0.6 is 11.3 Å². The lowest BCUT2D eigenvalue weighted by Gasteiger charge is -2.02. The van der Waals surface area contributed by atoms with E-state index in [9.17, 15) is 0 Å². The highest BCUT2D eigenvalue weighted by Crippen LogP contribution is 2.24. The highest BCUT2D eigenvalue weighted by atomic mass is 32.1. The molecule has 0 amide bonds. The molecule has 25 heavy (non-hydrogen) atoms. The molecule has 0 saturated heterocycles. The Hall–Kier alpha value is -2.76. The summed E-state index contributed by atoms with van der Waals surface area (Å²) in [5, 5.41) is 7.04. The van der Waals surface area contributed by atoms with Gasteiger partial charge in [0.1, 0.15) is 0 Å². The number of ether oxygens (including phenoxy) is 1. The summed E-state index contributed by atoms with van der Waals surface area (Å²) in [6.45, 7) is 4.78. The Bertz CT molecular complexity index is 826. The minimum Gasteiger partial charge on any atom is -0.373 e. The number of nitrogens with zero attached hydrogens (tertiary/aromatic N) is 2. The standard InChI is InChI=1S/C20H19N3OS/c1-2-12-24-14-17-10-8-16(9-11-17)13-21-23-20-22-19(15-25-20)18-6-4-3-5-7-18/h2-11,13,15H,1,12,14H2,(H,22,23). The molecule has 1 N–H and O–H groups in total. The Labute approximate surface area is 151 Å². The molecule has 1 aromatic heterocycles. The van der Waals surface area contributed by atoms with Crippen LogP contribution in [-0.4, -0.2) is 17.8 Å². The molecule has 3 aromatic rings. The molecule has 2 aromatic carbocycles. The van der Waals surface area contributed by atoms with Crippen molar-refractivity contribution < 1.29 is 4.74 Å². The van der Waals surface area contributed by atoms with Crippen LogP contribution in [0.25, 0.3) is 11.3 Å². The number of aromatic nitrogens is 1. The van der Waals surface area contributed by atoms with Crippen molar-refractivity contribution in [2.24, 2.45) is 5.10 Å². The van der Waals surface area contributed by atoms with Gasteiger partial charge in [0.15, 0.2) is 0 Å². The molecule has 5 heteroatoms. The Kier molecular flexibility index (Phi) is 6.09. The summed E-state index contributed by atoms with van der Waals surface area (Å²) >= 11 is 1.53. The zero-order valence-corrected chi connectivity index (χ0v) is 14.6. The van der Waals surface area contributed by atoms with Crippen LogP contribution in [0.1, 0.15) is 11.1 Å². The first kappa shape index (κ1) is 17.1. The van der Waals surface area contributed by atoms with Gasteiger partial charge in [-0.25, -0.2) is 4.98 Å². The molecule has 0 spiro atoms. The lowest BCUT2D eigenvalue weighted by Crippen LogP contribution is -1.94. The molecule has 4 nitrogen and oxygen atoms in total. The Balaban J connectivity index is 1.55. The number of thiazole rings is 1.